The molecule has 58 valence electrons. The van der Waals surface area contributed by atoms with Crippen LogP contribution in [0.4, 0.5) is 0 Å². The average Bonchev–Trinajstić information content (AvgIpc) is 1.87. The van der Waals surface area contributed by atoms with Crippen LogP contribution in [0.1, 0.15) is 20.3 Å². The van der Waals surface area contributed by atoms with E-state index in [9.17, 15) is 4.79 Å². The molecule has 0 aromatic carbocycles. The van der Waals surface area contributed by atoms with E-state index >= 15 is 0 Å². The molecule has 10 heavy (non-hydrogen) atoms. The van der Waals surface area contributed by atoms with Gasteiger partial charge in [0.05, 0.1) is 7.11 Å². The zero-order chi connectivity index (χ0) is 7.98. The summed E-state index contributed by atoms with van der Waals surface area (Å²) >= 11 is 0. The molecule has 0 amide bonds. The summed E-state index contributed by atoms with van der Waals surface area (Å²) in [6.45, 7) is 4.20. The molecule has 0 fully saturated rings. The van der Waals surface area contributed by atoms with E-state index in [1.54, 1.807) is 0 Å². The topological polar surface area (TPSA) is 26.3 Å². The molecule has 0 radical (unpaired) electrons. The van der Waals surface area contributed by atoms with Crippen LogP contribution in [-0.2, 0) is 9.53 Å². The Hall–Kier alpha value is -0.790. The first kappa shape index (κ1) is 9.21. The average molecular weight is 142 g/mol. The normalized spacial score (nSPS) is 10.8. The Morgan fingerprint density at radius 1 is 1.60 bits per heavy atom. The minimum absolute atomic E-state index is 0.277. The van der Waals surface area contributed by atoms with Gasteiger partial charge in [0.25, 0.3) is 0 Å². The fraction of sp³-hybridized carbons (Fsp3) is 0.625. The van der Waals surface area contributed by atoms with Gasteiger partial charge in [0, 0.05) is 6.08 Å². The summed E-state index contributed by atoms with van der Waals surface area (Å²) in [6, 6.07) is 0. The molecular weight excluding hydrogens is 128 g/mol. The lowest BCUT2D eigenvalue weighted by Gasteiger charge is -1.95. The van der Waals surface area contributed by atoms with Crippen LogP contribution in [0.3, 0.4) is 0 Å². The molecule has 0 aliphatic carbocycles. The molecular formula is C8H14O2. The van der Waals surface area contributed by atoms with E-state index in [-0.39, 0.29) is 5.97 Å². The van der Waals surface area contributed by atoms with E-state index in [1.165, 1.54) is 13.2 Å². The summed E-state index contributed by atoms with van der Waals surface area (Å²) in [5.74, 6) is 0.321. The van der Waals surface area contributed by atoms with Crippen LogP contribution in [0.25, 0.3) is 0 Å². The lowest BCUT2D eigenvalue weighted by atomic mass is 10.1. The van der Waals surface area contributed by atoms with Crippen molar-refractivity contribution < 1.29 is 9.53 Å². The second-order valence-electron chi connectivity index (χ2n) is 2.56. The molecule has 0 heterocycles. The molecule has 0 saturated heterocycles. The van der Waals surface area contributed by atoms with Gasteiger partial charge in [-0.15, -0.1) is 0 Å². The summed E-state index contributed by atoms with van der Waals surface area (Å²) in [5, 5.41) is 0. The largest absolute Gasteiger partial charge is 0.466 e. The molecule has 0 aliphatic rings. The summed E-state index contributed by atoms with van der Waals surface area (Å²) in [6.07, 6.45) is 4.21. The number of methoxy groups -OCH3 is 1. The second kappa shape index (κ2) is 5.03. The van der Waals surface area contributed by atoms with Gasteiger partial charge >= 0.3 is 5.97 Å². The van der Waals surface area contributed by atoms with Crippen LogP contribution in [-0.4, -0.2) is 13.1 Å². The van der Waals surface area contributed by atoms with E-state index in [0.29, 0.717) is 5.92 Å². The maximum Gasteiger partial charge on any atom is 0.330 e. The molecule has 2 nitrogen and oxygen atoms in total. The zero-order valence-corrected chi connectivity index (χ0v) is 6.76. The van der Waals surface area contributed by atoms with Crippen molar-refractivity contribution in [2.75, 3.05) is 7.11 Å². The summed E-state index contributed by atoms with van der Waals surface area (Å²) in [4.78, 5) is 10.5. The Labute approximate surface area is 61.9 Å². The van der Waals surface area contributed by atoms with Crippen LogP contribution in [0.2, 0.25) is 0 Å². The van der Waals surface area contributed by atoms with Crippen molar-refractivity contribution in [1.82, 2.24) is 0 Å². The lowest BCUT2D eigenvalue weighted by molar-refractivity contribution is -0.134. The predicted octanol–water partition coefficient (Wildman–Crippen LogP) is 1.76. The first-order valence-electron chi connectivity index (χ1n) is 3.41. The summed E-state index contributed by atoms with van der Waals surface area (Å²) < 4.78 is 4.41. The van der Waals surface area contributed by atoms with Crippen LogP contribution < -0.4 is 0 Å². The van der Waals surface area contributed by atoms with E-state index in [2.05, 4.69) is 18.6 Å². The molecule has 0 saturated carbocycles. The minimum Gasteiger partial charge on any atom is -0.466 e. The molecule has 0 N–H and O–H groups in total. The number of carbonyl (C=O) groups excluding carboxylic acids is 1. The molecule has 0 aliphatic heterocycles. The van der Waals surface area contributed by atoms with Crippen LogP contribution in [0, 0.1) is 5.92 Å². The van der Waals surface area contributed by atoms with E-state index in [0.717, 1.165) is 6.42 Å². The Kier molecular flexibility index (Phi) is 4.63. The molecule has 0 aromatic rings. The first-order valence-corrected chi connectivity index (χ1v) is 3.41. The Morgan fingerprint density at radius 2 is 2.20 bits per heavy atom. The third-order valence-corrected chi connectivity index (χ3v) is 1.06. The van der Waals surface area contributed by atoms with Gasteiger partial charge < -0.3 is 4.74 Å². The van der Waals surface area contributed by atoms with Crippen LogP contribution >= 0.6 is 0 Å². The van der Waals surface area contributed by atoms with Crippen molar-refractivity contribution in [3.63, 3.8) is 0 Å². The van der Waals surface area contributed by atoms with Gasteiger partial charge in [-0.1, -0.05) is 19.9 Å². The van der Waals surface area contributed by atoms with E-state index in [1.807, 2.05) is 6.08 Å². The molecule has 0 aromatic heterocycles. The third kappa shape index (κ3) is 5.35. The Morgan fingerprint density at radius 3 is 2.60 bits per heavy atom. The highest BCUT2D eigenvalue weighted by molar-refractivity contribution is 5.81. The number of rotatable bonds is 3. The summed E-state index contributed by atoms with van der Waals surface area (Å²) in [5.41, 5.74) is 0. The fourth-order valence-electron chi connectivity index (χ4n) is 0.504. The van der Waals surface area contributed by atoms with Crippen molar-refractivity contribution >= 4 is 5.97 Å². The Bertz CT molecular complexity index is 125. The maximum absolute atomic E-state index is 10.5. The molecule has 0 bridgehead atoms. The first-order chi connectivity index (χ1) is 4.66. The highest BCUT2D eigenvalue weighted by atomic mass is 16.5. The van der Waals surface area contributed by atoms with Crippen molar-refractivity contribution in [3.05, 3.63) is 12.2 Å². The van der Waals surface area contributed by atoms with Gasteiger partial charge in [-0.05, 0) is 12.3 Å². The molecule has 2 heteroatoms. The highest BCUT2D eigenvalue weighted by Gasteiger charge is 1.91. The maximum atomic E-state index is 10.5. The number of esters is 1. The molecule has 0 rings (SSSR count). The van der Waals surface area contributed by atoms with Crippen molar-refractivity contribution in [3.8, 4) is 0 Å². The van der Waals surface area contributed by atoms with Gasteiger partial charge in [0.15, 0.2) is 0 Å². The molecule has 0 unspecified atom stereocenters. The molecule has 0 spiro atoms. The van der Waals surface area contributed by atoms with Gasteiger partial charge in [-0.25, -0.2) is 4.79 Å². The van der Waals surface area contributed by atoms with Crippen molar-refractivity contribution in [1.29, 1.82) is 0 Å². The summed E-state index contributed by atoms with van der Waals surface area (Å²) in [7, 11) is 1.38. The van der Waals surface area contributed by atoms with E-state index < -0.39 is 0 Å². The number of allylic oxidation sites excluding steroid dienone is 1. The number of ether oxygens (including phenoxy) is 1. The number of hydrogen-bond acceptors (Lipinski definition) is 2. The SMILES string of the molecule is COC(=O)/C=C/CC(C)C. The quantitative estimate of drug-likeness (QED) is 0.443. The smallest absolute Gasteiger partial charge is 0.330 e. The monoisotopic (exact) mass is 142 g/mol. The minimum atomic E-state index is -0.277. The lowest BCUT2D eigenvalue weighted by Crippen LogP contribution is -1.94. The van der Waals surface area contributed by atoms with Gasteiger partial charge in [-0.2, -0.15) is 0 Å². The van der Waals surface area contributed by atoms with Gasteiger partial charge in [0.1, 0.15) is 0 Å². The second-order valence-corrected chi connectivity index (χ2v) is 2.56. The number of hydrogen-bond donors (Lipinski definition) is 0. The zero-order valence-electron chi connectivity index (χ0n) is 6.76. The van der Waals surface area contributed by atoms with Gasteiger partial charge in [-0.3, -0.25) is 0 Å². The van der Waals surface area contributed by atoms with Gasteiger partial charge in [0.2, 0.25) is 0 Å². The van der Waals surface area contributed by atoms with Crippen LogP contribution in [0.15, 0.2) is 12.2 Å². The van der Waals surface area contributed by atoms with Crippen molar-refractivity contribution in [2.45, 2.75) is 20.3 Å². The Balaban J connectivity index is 3.46. The predicted molar refractivity (Wildman–Crippen MR) is 40.6 cm³/mol. The standard InChI is InChI=1S/C8H14O2/c1-7(2)5-4-6-8(9)10-3/h4,6-7H,5H2,1-3H3/b6-4+. The highest BCUT2D eigenvalue weighted by Crippen LogP contribution is 1.99. The fourth-order valence-corrected chi connectivity index (χ4v) is 0.504. The van der Waals surface area contributed by atoms with Crippen molar-refractivity contribution in [2.24, 2.45) is 5.92 Å². The van der Waals surface area contributed by atoms with Crippen LogP contribution in [0.5, 0.6) is 0 Å². The molecule has 0 atom stereocenters. The number of carbonyl (C=O) groups is 1. The van der Waals surface area contributed by atoms with E-state index in [4.69, 9.17) is 0 Å². The third-order valence-electron chi connectivity index (χ3n) is 1.06.